The van der Waals surface area contributed by atoms with Gasteiger partial charge in [-0.15, -0.1) is 0 Å². The van der Waals surface area contributed by atoms with Crippen molar-refractivity contribution >= 4 is 11.0 Å². The molecule has 0 spiro atoms. The fourth-order valence-electron chi connectivity index (χ4n) is 4.00. The SMILES string of the molecule is CCC(CC)Oc1cc(C)nc2c(-c3c(C)cc(C)cc3C)cn(C)c12. The van der Waals surface area contributed by atoms with Crippen LogP contribution in [0.3, 0.4) is 0 Å². The van der Waals surface area contributed by atoms with Gasteiger partial charge in [0.25, 0.3) is 0 Å². The summed E-state index contributed by atoms with van der Waals surface area (Å²) in [5.41, 5.74) is 9.46. The third kappa shape index (κ3) is 3.23. The molecule has 0 aliphatic rings. The first-order valence-corrected chi connectivity index (χ1v) is 9.57. The van der Waals surface area contributed by atoms with Crippen LogP contribution in [0.4, 0.5) is 0 Å². The fraction of sp³-hybridized carbons (Fsp3) is 0.435. The van der Waals surface area contributed by atoms with Crippen LogP contribution in [-0.4, -0.2) is 15.7 Å². The van der Waals surface area contributed by atoms with Gasteiger partial charge in [-0.25, -0.2) is 0 Å². The van der Waals surface area contributed by atoms with Gasteiger partial charge >= 0.3 is 0 Å². The number of ether oxygens (including phenoxy) is 1. The third-order valence-electron chi connectivity index (χ3n) is 5.17. The Bertz CT molecular complexity index is 925. The first-order chi connectivity index (χ1) is 12.3. The second-order valence-corrected chi connectivity index (χ2v) is 7.44. The zero-order chi connectivity index (χ0) is 19.0. The summed E-state index contributed by atoms with van der Waals surface area (Å²) in [6.45, 7) is 12.9. The molecule has 26 heavy (non-hydrogen) atoms. The summed E-state index contributed by atoms with van der Waals surface area (Å²) in [5.74, 6) is 0.942. The van der Waals surface area contributed by atoms with E-state index in [4.69, 9.17) is 9.72 Å². The molecular weight excluding hydrogens is 320 g/mol. The van der Waals surface area contributed by atoms with E-state index in [9.17, 15) is 0 Å². The van der Waals surface area contributed by atoms with Crippen molar-refractivity contribution in [1.29, 1.82) is 0 Å². The lowest BCUT2D eigenvalue weighted by Gasteiger charge is -2.17. The molecule has 138 valence electrons. The Balaban J connectivity index is 2.26. The number of hydrogen-bond donors (Lipinski definition) is 0. The predicted octanol–water partition coefficient (Wildman–Crippen LogP) is 6.04. The second kappa shape index (κ2) is 7.14. The van der Waals surface area contributed by atoms with E-state index in [1.165, 1.54) is 27.8 Å². The van der Waals surface area contributed by atoms with Gasteiger partial charge in [-0.1, -0.05) is 31.5 Å². The van der Waals surface area contributed by atoms with E-state index >= 15 is 0 Å². The van der Waals surface area contributed by atoms with Gasteiger partial charge in [-0.3, -0.25) is 4.98 Å². The number of fused-ring (bicyclic) bond motifs is 1. The number of aromatic nitrogens is 2. The molecule has 0 saturated carbocycles. The Morgan fingerprint density at radius 3 is 2.19 bits per heavy atom. The largest absolute Gasteiger partial charge is 0.488 e. The molecule has 0 saturated heterocycles. The van der Waals surface area contributed by atoms with E-state index in [-0.39, 0.29) is 6.10 Å². The van der Waals surface area contributed by atoms with Gasteiger partial charge in [0, 0.05) is 30.6 Å². The van der Waals surface area contributed by atoms with Crippen molar-refractivity contribution in [3.05, 3.63) is 46.8 Å². The maximum absolute atomic E-state index is 6.36. The first kappa shape index (κ1) is 18.5. The predicted molar refractivity (Wildman–Crippen MR) is 110 cm³/mol. The molecule has 0 aliphatic heterocycles. The molecule has 0 unspecified atom stereocenters. The van der Waals surface area contributed by atoms with Crippen molar-refractivity contribution in [2.75, 3.05) is 0 Å². The Hall–Kier alpha value is -2.29. The quantitative estimate of drug-likeness (QED) is 0.561. The average Bonchev–Trinajstić information content (AvgIpc) is 2.88. The van der Waals surface area contributed by atoms with Crippen LogP contribution >= 0.6 is 0 Å². The van der Waals surface area contributed by atoms with Crippen LogP contribution in [0.25, 0.3) is 22.2 Å². The number of nitrogens with zero attached hydrogens (tertiary/aromatic N) is 2. The van der Waals surface area contributed by atoms with Gasteiger partial charge in [0.2, 0.25) is 0 Å². The molecule has 1 aromatic carbocycles. The monoisotopic (exact) mass is 350 g/mol. The van der Waals surface area contributed by atoms with Crippen LogP contribution in [0, 0.1) is 27.7 Å². The highest BCUT2D eigenvalue weighted by Gasteiger charge is 2.19. The Labute approximate surface area is 157 Å². The van der Waals surface area contributed by atoms with Crippen LogP contribution in [0.5, 0.6) is 5.75 Å². The summed E-state index contributed by atoms with van der Waals surface area (Å²) in [6, 6.07) is 6.57. The fourth-order valence-corrected chi connectivity index (χ4v) is 4.00. The lowest BCUT2D eigenvalue weighted by atomic mass is 9.95. The van der Waals surface area contributed by atoms with Crippen molar-refractivity contribution in [3.8, 4) is 16.9 Å². The number of hydrogen-bond acceptors (Lipinski definition) is 2. The maximum atomic E-state index is 6.36. The molecule has 0 amide bonds. The maximum Gasteiger partial charge on any atom is 0.147 e. The molecule has 0 N–H and O–H groups in total. The van der Waals surface area contributed by atoms with Crippen LogP contribution in [-0.2, 0) is 7.05 Å². The summed E-state index contributed by atoms with van der Waals surface area (Å²) in [6.07, 6.45) is 4.45. The Kier molecular flexibility index (Phi) is 5.08. The van der Waals surface area contributed by atoms with Crippen LogP contribution in [0.1, 0.15) is 49.1 Å². The van der Waals surface area contributed by atoms with E-state index in [1.807, 2.05) is 6.92 Å². The standard InChI is InChI=1S/C23H30N2O/c1-8-18(9-2)26-20-12-17(6)24-22-19(13-25(7)23(20)22)21-15(4)10-14(3)11-16(21)5/h10-13,18H,8-9H2,1-7H3. The normalized spacial score (nSPS) is 11.5. The number of pyridine rings is 1. The average molecular weight is 351 g/mol. The van der Waals surface area contributed by atoms with Gasteiger partial charge in [0.1, 0.15) is 16.8 Å². The third-order valence-corrected chi connectivity index (χ3v) is 5.17. The summed E-state index contributed by atoms with van der Waals surface area (Å²) < 4.78 is 8.52. The molecule has 0 atom stereocenters. The molecule has 3 rings (SSSR count). The molecule has 3 heteroatoms. The Morgan fingerprint density at radius 2 is 1.62 bits per heavy atom. The zero-order valence-electron chi connectivity index (χ0n) is 17.1. The molecule has 0 bridgehead atoms. The lowest BCUT2D eigenvalue weighted by molar-refractivity contribution is 0.194. The van der Waals surface area contributed by atoms with Crippen molar-refractivity contribution in [1.82, 2.24) is 9.55 Å². The first-order valence-electron chi connectivity index (χ1n) is 9.57. The summed E-state index contributed by atoms with van der Waals surface area (Å²) >= 11 is 0. The minimum Gasteiger partial charge on any atom is -0.488 e. The van der Waals surface area contributed by atoms with Crippen molar-refractivity contribution in [2.24, 2.45) is 7.05 Å². The van der Waals surface area contributed by atoms with Gasteiger partial charge in [0.05, 0.1) is 6.10 Å². The summed E-state index contributed by atoms with van der Waals surface area (Å²) in [4.78, 5) is 4.90. The number of benzene rings is 1. The van der Waals surface area contributed by atoms with E-state index in [2.05, 4.69) is 70.6 Å². The van der Waals surface area contributed by atoms with Crippen LogP contribution in [0.2, 0.25) is 0 Å². The van der Waals surface area contributed by atoms with Crippen LogP contribution in [0.15, 0.2) is 24.4 Å². The molecule has 0 fully saturated rings. The summed E-state index contributed by atoms with van der Waals surface area (Å²) in [5, 5.41) is 0. The molecule has 0 radical (unpaired) electrons. The number of aryl methyl sites for hydroxylation is 5. The highest BCUT2D eigenvalue weighted by Crippen LogP contribution is 2.38. The molecular formula is C23H30N2O. The minimum absolute atomic E-state index is 0.237. The molecule has 2 heterocycles. The highest BCUT2D eigenvalue weighted by molar-refractivity contribution is 5.97. The van der Waals surface area contributed by atoms with Crippen molar-refractivity contribution in [2.45, 2.75) is 60.5 Å². The lowest BCUT2D eigenvalue weighted by Crippen LogP contribution is -2.14. The molecule has 3 nitrogen and oxygen atoms in total. The van der Waals surface area contributed by atoms with Crippen LogP contribution < -0.4 is 4.74 Å². The van der Waals surface area contributed by atoms with E-state index in [1.54, 1.807) is 0 Å². The van der Waals surface area contributed by atoms with Gasteiger partial charge in [0.15, 0.2) is 0 Å². The van der Waals surface area contributed by atoms with Gasteiger partial charge in [-0.2, -0.15) is 0 Å². The minimum atomic E-state index is 0.237. The highest BCUT2D eigenvalue weighted by atomic mass is 16.5. The van der Waals surface area contributed by atoms with E-state index in [0.717, 1.165) is 35.3 Å². The topological polar surface area (TPSA) is 27.1 Å². The molecule has 2 aromatic heterocycles. The van der Waals surface area contributed by atoms with E-state index < -0.39 is 0 Å². The zero-order valence-corrected chi connectivity index (χ0v) is 17.1. The smallest absolute Gasteiger partial charge is 0.147 e. The van der Waals surface area contributed by atoms with E-state index in [0.29, 0.717) is 0 Å². The summed E-state index contributed by atoms with van der Waals surface area (Å²) in [7, 11) is 2.08. The van der Waals surface area contributed by atoms with Crippen molar-refractivity contribution in [3.63, 3.8) is 0 Å². The van der Waals surface area contributed by atoms with Gasteiger partial charge in [-0.05, 0) is 57.2 Å². The molecule has 3 aromatic rings. The molecule has 0 aliphatic carbocycles. The van der Waals surface area contributed by atoms with Crippen molar-refractivity contribution < 1.29 is 4.74 Å². The Morgan fingerprint density at radius 1 is 1.00 bits per heavy atom. The number of rotatable bonds is 5. The second-order valence-electron chi connectivity index (χ2n) is 7.44. The van der Waals surface area contributed by atoms with Gasteiger partial charge < -0.3 is 9.30 Å².